The first-order valence-corrected chi connectivity index (χ1v) is 23.6. The van der Waals surface area contributed by atoms with Crippen LogP contribution < -0.4 is 9.30 Å². The van der Waals surface area contributed by atoms with Gasteiger partial charge in [-0.15, -0.1) is 0 Å². The van der Waals surface area contributed by atoms with Crippen LogP contribution in [0.5, 0.6) is 11.5 Å². The Labute approximate surface area is 401 Å². The summed E-state index contributed by atoms with van der Waals surface area (Å²) in [5.74, 6) is 2.32. The Morgan fingerprint density at radius 1 is 0.507 bits per heavy atom. The molecule has 328 valence electrons. The van der Waals surface area contributed by atoms with Crippen molar-refractivity contribution in [3.63, 3.8) is 0 Å². The first kappa shape index (κ1) is 40.5. The van der Waals surface area contributed by atoms with Crippen LogP contribution in [0.25, 0.3) is 106 Å². The molecule has 0 saturated carbocycles. The number of rotatable bonds is 7. The SMILES string of the molecule is CC(C)(C)c1ccnc(-n2c3c(c4ccc(Oc5cccc(-n6[c-][n+](-c7c(-c8ccccc8)cccc7-c7ccccc7)c7ccccc76)c5)cc42)-c2cccc4cccc(c24)-c2ccccc2-3)c1. The molecule has 0 aliphatic heterocycles. The molecule has 0 unspecified atom stereocenters. The summed E-state index contributed by atoms with van der Waals surface area (Å²) < 4.78 is 13.7. The van der Waals surface area contributed by atoms with Crippen molar-refractivity contribution < 1.29 is 9.30 Å². The highest BCUT2D eigenvalue weighted by molar-refractivity contribution is 6.19. The summed E-state index contributed by atoms with van der Waals surface area (Å²) in [4.78, 5) is 5.12. The smallest absolute Gasteiger partial charge is 0.269 e. The van der Waals surface area contributed by atoms with Gasteiger partial charge < -0.3 is 4.74 Å². The summed E-state index contributed by atoms with van der Waals surface area (Å²) in [5, 5.41) is 3.61. The largest absolute Gasteiger partial charge is 0.458 e. The van der Waals surface area contributed by atoms with Crippen molar-refractivity contribution in [1.29, 1.82) is 0 Å². The Morgan fingerprint density at radius 2 is 1.13 bits per heavy atom. The third kappa shape index (κ3) is 6.69. The molecule has 0 radical (unpaired) electrons. The van der Waals surface area contributed by atoms with E-state index in [1.165, 1.54) is 44.2 Å². The normalized spacial score (nSPS) is 12.0. The number of hydrogen-bond acceptors (Lipinski definition) is 2. The monoisotopic (exact) mass is 886 g/mol. The average molecular weight is 887 g/mol. The molecule has 5 nitrogen and oxygen atoms in total. The summed E-state index contributed by atoms with van der Waals surface area (Å²) in [7, 11) is 0. The molecule has 13 rings (SSSR count). The zero-order valence-electron chi connectivity index (χ0n) is 38.6. The maximum atomic E-state index is 6.95. The molecule has 3 heterocycles. The molecule has 0 saturated heterocycles. The highest BCUT2D eigenvalue weighted by atomic mass is 16.5. The van der Waals surface area contributed by atoms with Crippen molar-refractivity contribution in [2.75, 3.05) is 0 Å². The number of fused-ring (bicyclic) bond motifs is 8. The number of imidazole rings is 1. The summed E-state index contributed by atoms with van der Waals surface area (Å²) >= 11 is 0. The number of para-hydroxylation sites is 3. The van der Waals surface area contributed by atoms with E-state index in [-0.39, 0.29) is 5.41 Å². The lowest BCUT2D eigenvalue weighted by molar-refractivity contribution is -0.571. The van der Waals surface area contributed by atoms with Gasteiger partial charge in [0.2, 0.25) is 0 Å². The molecule has 0 atom stereocenters. The zero-order chi connectivity index (χ0) is 46.2. The molecule has 0 spiro atoms. The molecule has 1 aliphatic rings. The summed E-state index contributed by atoms with van der Waals surface area (Å²) in [5.41, 5.74) is 17.9. The van der Waals surface area contributed by atoms with Crippen LogP contribution in [0.2, 0.25) is 0 Å². The number of benzene rings is 9. The van der Waals surface area contributed by atoms with Gasteiger partial charge in [0, 0.05) is 28.8 Å². The van der Waals surface area contributed by atoms with Crippen LogP contribution >= 0.6 is 0 Å². The Balaban J connectivity index is 0.976. The van der Waals surface area contributed by atoms with Gasteiger partial charge in [-0.25, -0.2) is 4.98 Å². The third-order valence-electron chi connectivity index (χ3n) is 13.7. The summed E-state index contributed by atoms with van der Waals surface area (Å²) in [6.45, 7) is 6.77. The Kier molecular flexibility index (Phi) is 9.34. The molecule has 5 heteroatoms. The Hall–Kier alpha value is -8.80. The first-order valence-electron chi connectivity index (χ1n) is 23.6. The molecule has 0 fully saturated rings. The molecule has 0 amide bonds. The number of ether oxygens (including phenoxy) is 1. The van der Waals surface area contributed by atoms with Gasteiger partial charge in [0.25, 0.3) is 6.33 Å². The number of nitrogens with zero attached hydrogens (tertiary/aromatic N) is 4. The van der Waals surface area contributed by atoms with Gasteiger partial charge in [0.1, 0.15) is 17.3 Å². The van der Waals surface area contributed by atoms with E-state index >= 15 is 0 Å². The topological polar surface area (TPSA) is 35.9 Å². The molecule has 69 heavy (non-hydrogen) atoms. The second-order valence-corrected chi connectivity index (χ2v) is 18.9. The van der Waals surface area contributed by atoms with Crippen molar-refractivity contribution in [2.45, 2.75) is 26.2 Å². The quantitative estimate of drug-likeness (QED) is 0.118. The summed E-state index contributed by atoms with van der Waals surface area (Å²) in [6.07, 6.45) is 5.77. The molecule has 0 N–H and O–H groups in total. The molecule has 12 aromatic rings. The van der Waals surface area contributed by atoms with Crippen molar-refractivity contribution in [2.24, 2.45) is 0 Å². The molecule has 1 aliphatic carbocycles. The maximum Gasteiger partial charge on any atom is 0.269 e. The van der Waals surface area contributed by atoms with Gasteiger partial charge in [-0.05, 0) is 103 Å². The second kappa shape index (κ2) is 15.9. The van der Waals surface area contributed by atoms with E-state index in [1.54, 1.807) is 0 Å². The van der Waals surface area contributed by atoms with Gasteiger partial charge in [-0.3, -0.25) is 13.7 Å². The van der Waals surface area contributed by atoms with E-state index in [0.29, 0.717) is 0 Å². The Bertz CT molecular complexity index is 3900. The second-order valence-electron chi connectivity index (χ2n) is 18.9. The third-order valence-corrected chi connectivity index (χ3v) is 13.7. The first-order chi connectivity index (χ1) is 33.9. The van der Waals surface area contributed by atoms with Crippen molar-refractivity contribution in [3.05, 3.63) is 236 Å². The van der Waals surface area contributed by atoms with E-state index < -0.39 is 0 Å². The lowest BCUT2D eigenvalue weighted by Gasteiger charge is -2.21. The van der Waals surface area contributed by atoms with Gasteiger partial charge in [-0.2, -0.15) is 0 Å². The lowest BCUT2D eigenvalue weighted by Crippen LogP contribution is -2.31. The van der Waals surface area contributed by atoms with E-state index in [0.717, 1.165) is 78.6 Å². The molecule has 3 aromatic heterocycles. The van der Waals surface area contributed by atoms with Crippen molar-refractivity contribution >= 4 is 32.7 Å². The average Bonchev–Trinajstić information content (AvgIpc) is 3.91. The van der Waals surface area contributed by atoms with Gasteiger partial charge in [0.15, 0.2) is 0 Å². The maximum absolute atomic E-state index is 6.95. The van der Waals surface area contributed by atoms with E-state index in [1.807, 2.05) is 12.3 Å². The van der Waals surface area contributed by atoms with Gasteiger partial charge >= 0.3 is 0 Å². The number of aromatic nitrogens is 4. The lowest BCUT2D eigenvalue weighted by atomic mass is 9.88. The number of pyridine rings is 1. The van der Waals surface area contributed by atoms with E-state index in [2.05, 4.69) is 253 Å². The fraction of sp³-hybridized carbons (Fsp3) is 0.0625. The van der Waals surface area contributed by atoms with E-state index in [4.69, 9.17) is 9.72 Å². The van der Waals surface area contributed by atoms with Crippen molar-refractivity contribution in [3.8, 4) is 84.5 Å². The molecule has 0 bridgehead atoms. The fourth-order valence-corrected chi connectivity index (χ4v) is 10.5. The van der Waals surface area contributed by atoms with Crippen LogP contribution in [0.3, 0.4) is 0 Å². The predicted molar refractivity (Wildman–Crippen MR) is 282 cm³/mol. The van der Waals surface area contributed by atoms with E-state index in [9.17, 15) is 0 Å². The minimum atomic E-state index is -0.0756. The van der Waals surface area contributed by atoms with Crippen LogP contribution in [-0.4, -0.2) is 14.1 Å². The van der Waals surface area contributed by atoms with Crippen LogP contribution in [0.1, 0.15) is 26.3 Å². The fourth-order valence-electron chi connectivity index (χ4n) is 10.5. The Morgan fingerprint density at radius 3 is 1.88 bits per heavy atom. The van der Waals surface area contributed by atoms with Crippen LogP contribution in [-0.2, 0) is 5.41 Å². The van der Waals surface area contributed by atoms with Gasteiger partial charge in [0.05, 0.1) is 33.6 Å². The highest BCUT2D eigenvalue weighted by Gasteiger charge is 2.30. The molecular weight excluding hydrogens is 841 g/mol. The standard InChI is InChI=1S/C64H46N4O/c1-64(2,3)45-36-37-65-59(38-45)68-58-40-48(34-35-54(58)61-55-31-15-23-44-22-14-30-52(60(44)55)51-26-10-11-27-53(51)63(61)68)69-47-25-16-24-46(39-47)66-41-67(57-33-13-12-32-56(57)66)62-49(42-18-6-4-7-19-42)28-17-29-50(62)43-20-8-5-9-21-43/h4-40H,1-3H3. The molecular formula is C64H46N4O. The van der Waals surface area contributed by atoms with Crippen molar-refractivity contribution in [1.82, 2.24) is 14.1 Å². The predicted octanol–water partition coefficient (Wildman–Crippen LogP) is 15.9. The minimum absolute atomic E-state index is 0.0756. The van der Waals surface area contributed by atoms with Crippen LogP contribution in [0.15, 0.2) is 225 Å². The minimum Gasteiger partial charge on any atom is -0.458 e. The highest BCUT2D eigenvalue weighted by Crippen LogP contribution is 2.52. The summed E-state index contributed by atoms with van der Waals surface area (Å²) in [6, 6.07) is 77.7. The number of hydrogen-bond donors (Lipinski definition) is 0. The van der Waals surface area contributed by atoms with Gasteiger partial charge in [-0.1, -0.05) is 191 Å². The van der Waals surface area contributed by atoms with Crippen LogP contribution in [0.4, 0.5) is 0 Å². The zero-order valence-corrected chi connectivity index (χ0v) is 38.6. The molecule has 9 aromatic carbocycles. The van der Waals surface area contributed by atoms with Crippen LogP contribution in [0, 0.1) is 6.33 Å².